The van der Waals surface area contributed by atoms with E-state index in [1.807, 2.05) is 37.3 Å². The second kappa shape index (κ2) is 7.90. The molecule has 0 fully saturated rings. The maximum atomic E-state index is 12.7. The number of phenols is 1. The predicted molar refractivity (Wildman–Crippen MR) is 123 cm³/mol. The monoisotopic (exact) mass is 444 g/mol. The van der Waals surface area contributed by atoms with Gasteiger partial charge in [0.1, 0.15) is 17.0 Å². The van der Waals surface area contributed by atoms with Gasteiger partial charge >= 0.3 is 0 Å². The van der Waals surface area contributed by atoms with Crippen LogP contribution in [-0.4, -0.2) is 16.0 Å². The van der Waals surface area contributed by atoms with Gasteiger partial charge in [-0.2, -0.15) is 0 Å². The zero-order valence-electron chi connectivity index (χ0n) is 16.9. The van der Waals surface area contributed by atoms with Crippen molar-refractivity contribution in [2.75, 3.05) is 5.32 Å². The van der Waals surface area contributed by atoms with Crippen molar-refractivity contribution in [2.45, 2.75) is 6.92 Å². The van der Waals surface area contributed by atoms with Gasteiger partial charge in [0.05, 0.1) is 5.56 Å². The lowest BCUT2D eigenvalue weighted by Crippen LogP contribution is -2.10. The molecule has 0 aliphatic carbocycles. The second-order valence-corrected chi connectivity index (χ2v) is 7.78. The van der Waals surface area contributed by atoms with E-state index in [-0.39, 0.29) is 17.4 Å². The minimum absolute atomic E-state index is 0.00528. The Labute approximate surface area is 188 Å². The van der Waals surface area contributed by atoms with Gasteiger partial charge in [0.15, 0.2) is 11.3 Å². The van der Waals surface area contributed by atoms with Crippen LogP contribution in [0.4, 0.5) is 5.69 Å². The largest absolute Gasteiger partial charge is 0.507 e. The third-order valence-corrected chi connectivity index (χ3v) is 5.24. The summed E-state index contributed by atoms with van der Waals surface area (Å²) in [5.41, 5.74) is 4.01. The molecule has 2 N–H and O–H groups in total. The van der Waals surface area contributed by atoms with Crippen molar-refractivity contribution in [2.24, 2.45) is 0 Å². The number of halogens is 1. The maximum absolute atomic E-state index is 12.7. The van der Waals surface area contributed by atoms with E-state index in [4.69, 9.17) is 20.4 Å². The second-order valence-electron chi connectivity index (χ2n) is 7.35. The Morgan fingerprint density at radius 1 is 0.969 bits per heavy atom. The molecule has 3 aromatic carbocycles. The third kappa shape index (κ3) is 3.84. The number of oxazole rings is 1. The van der Waals surface area contributed by atoms with E-state index in [0.717, 1.165) is 11.1 Å². The lowest BCUT2D eigenvalue weighted by Gasteiger charge is -2.06. The molecule has 0 saturated heterocycles. The normalized spacial score (nSPS) is 11.1. The number of anilines is 1. The number of phenolic OH excluding ortho intramolecular Hbond substituents is 1. The lowest BCUT2D eigenvalue weighted by molar-refractivity contribution is 0.0997. The molecule has 0 aliphatic heterocycles. The van der Waals surface area contributed by atoms with Crippen LogP contribution in [0.3, 0.4) is 0 Å². The van der Waals surface area contributed by atoms with Gasteiger partial charge in [0.2, 0.25) is 5.89 Å². The molecular formula is C25H17ClN2O4. The highest BCUT2D eigenvalue weighted by atomic mass is 35.5. The molecule has 6 nitrogen and oxygen atoms in total. The lowest BCUT2D eigenvalue weighted by atomic mass is 10.1. The van der Waals surface area contributed by atoms with E-state index in [2.05, 4.69) is 10.3 Å². The summed E-state index contributed by atoms with van der Waals surface area (Å²) in [7, 11) is 0. The molecule has 5 aromatic rings. The van der Waals surface area contributed by atoms with Crippen LogP contribution in [-0.2, 0) is 0 Å². The first-order chi connectivity index (χ1) is 15.5. The third-order valence-electron chi connectivity index (χ3n) is 4.99. The summed E-state index contributed by atoms with van der Waals surface area (Å²) in [6.07, 6.45) is 0. The van der Waals surface area contributed by atoms with Crippen molar-refractivity contribution < 1.29 is 18.7 Å². The van der Waals surface area contributed by atoms with Crippen LogP contribution in [0.5, 0.6) is 5.75 Å². The summed E-state index contributed by atoms with van der Waals surface area (Å²) in [6, 6.07) is 20.8. The molecule has 0 aliphatic rings. The molecule has 0 unspecified atom stereocenters. The molecular weight excluding hydrogens is 428 g/mol. The summed E-state index contributed by atoms with van der Waals surface area (Å²) < 4.78 is 11.5. The maximum Gasteiger partial charge on any atom is 0.291 e. The minimum Gasteiger partial charge on any atom is -0.507 e. The van der Waals surface area contributed by atoms with Crippen LogP contribution < -0.4 is 5.32 Å². The van der Waals surface area contributed by atoms with E-state index < -0.39 is 5.91 Å². The number of nitrogens with one attached hydrogen (secondary N) is 1. The van der Waals surface area contributed by atoms with E-state index >= 15 is 0 Å². The van der Waals surface area contributed by atoms with Gasteiger partial charge in [-0.05, 0) is 79.2 Å². The Bertz CT molecular complexity index is 1450. The number of rotatable bonds is 4. The molecule has 0 bridgehead atoms. The number of fused-ring (bicyclic) bond motifs is 1. The van der Waals surface area contributed by atoms with Crippen molar-refractivity contribution in [3.8, 4) is 28.5 Å². The van der Waals surface area contributed by atoms with E-state index in [1.165, 1.54) is 6.07 Å². The van der Waals surface area contributed by atoms with Crippen molar-refractivity contribution in [1.29, 1.82) is 0 Å². The van der Waals surface area contributed by atoms with Crippen LogP contribution in [0.15, 0.2) is 81.6 Å². The molecule has 0 spiro atoms. The molecule has 7 heteroatoms. The molecule has 32 heavy (non-hydrogen) atoms. The Kier molecular flexibility index (Phi) is 4.92. The number of nitrogens with zero attached hydrogens (tertiary/aromatic N) is 1. The molecule has 0 saturated carbocycles. The van der Waals surface area contributed by atoms with Gasteiger partial charge in [-0.25, -0.2) is 4.98 Å². The molecule has 5 rings (SSSR count). The van der Waals surface area contributed by atoms with Crippen molar-refractivity contribution in [1.82, 2.24) is 4.98 Å². The van der Waals surface area contributed by atoms with E-state index in [0.29, 0.717) is 33.1 Å². The predicted octanol–water partition coefficient (Wildman–Crippen LogP) is 6.67. The molecule has 2 heterocycles. The van der Waals surface area contributed by atoms with Crippen LogP contribution in [0.2, 0.25) is 5.02 Å². The van der Waals surface area contributed by atoms with Crippen molar-refractivity contribution >= 4 is 34.3 Å². The van der Waals surface area contributed by atoms with Gasteiger partial charge in [0.25, 0.3) is 5.91 Å². The smallest absolute Gasteiger partial charge is 0.291 e. The Morgan fingerprint density at radius 3 is 2.59 bits per heavy atom. The molecule has 158 valence electrons. The first-order valence-electron chi connectivity index (χ1n) is 9.84. The summed E-state index contributed by atoms with van der Waals surface area (Å²) in [4.78, 5) is 17.2. The van der Waals surface area contributed by atoms with Gasteiger partial charge < -0.3 is 19.3 Å². The quantitative estimate of drug-likeness (QED) is 0.302. The number of carbonyl (C=O) groups is 1. The van der Waals surface area contributed by atoms with Gasteiger partial charge in [-0.1, -0.05) is 17.7 Å². The summed E-state index contributed by atoms with van der Waals surface area (Å²) in [5.74, 6) is 0.549. The number of amides is 1. The van der Waals surface area contributed by atoms with Crippen molar-refractivity contribution in [3.63, 3.8) is 0 Å². The number of hydrogen-bond donors (Lipinski definition) is 2. The SMILES string of the molecule is Cc1ccc2oc(-c3cc(NC(=O)c4ccc(-c5ccc(Cl)cc5)o4)ccc3O)nc2c1. The summed E-state index contributed by atoms with van der Waals surface area (Å²) >= 11 is 5.92. The van der Waals surface area contributed by atoms with E-state index in [1.54, 1.807) is 36.4 Å². The Morgan fingerprint density at radius 2 is 1.78 bits per heavy atom. The molecule has 2 aromatic heterocycles. The number of aromatic nitrogens is 1. The number of furan rings is 1. The summed E-state index contributed by atoms with van der Waals surface area (Å²) in [6.45, 7) is 1.97. The van der Waals surface area contributed by atoms with Crippen LogP contribution in [0.25, 0.3) is 33.9 Å². The molecule has 0 radical (unpaired) electrons. The highest BCUT2D eigenvalue weighted by Gasteiger charge is 2.16. The number of carbonyl (C=O) groups excluding carboxylic acids is 1. The van der Waals surface area contributed by atoms with Crippen LogP contribution >= 0.6 is 11.6 Å². The Balaban J connectivity index is 1.40. The highest BCUT2D eigenvalue weighted by molar-refractivity contribution is 6.30. The summed E-state index contributed by atoms with van der Waals surface area (Å²) in [5, 5.41) is 13.7. The minimum atomic E-state index is -0.421. The van der Waals surface area contributed by atoms with Crippen LogP contribution in [0, 0.1) is 6.92 Å². The number of benzene rings is 3. The molecule has 1 amide bonds. The zero-order chi connectivity index (χ0) is 22.2. The topological polar surface area (TPSA) is 88.5 Å². The number of hydrogen-bond acceptors (Lipinski definition) is 5. The fourth-order valence-electron chi connectivity index (χ4n) is 3.36. The van der Waals surface area contributed by atoms with Gasteiger partial charge in [-0.15, -0.1) is 0 Å². The van der Waals surface area contributed by atoms with Crippen molar-refractivity contribution in [3.05, 3.63) is 89.1 Å². The number of aromatic hydroxyl groups is 1. The standard InChI is InChI=1S/C25H17ClN2O4/c1-14-2-9-22-19(12-14)28-25(32-22)18-13-17(7-8-20(18)29)27-24(30)23-11-10-21(31-23)15-3-5-16(26)6-4-15/h2-13,29H,1H3,(H,27,30). The number of aryl methyl sites for hydroxylation is 1. The fraction of sp³-hybridized carbons (Fsp3) is 0.0400. The average Bonchev–Trinajstić information content (AvgIpc) is 3.43. The van der Waals surface area contributed by atoms with Crippen LogP contribution in [0.1, 0.15) is 16.1 Å². The molecule has 0 atom stereocenters. The first kappa shape index (κ1) is 19.9. The zero-order valence-corrected chi connectivity index (χ0v) is 17.7. The first-order valence-corrected chi connectivity index (χ1v) is 10.2. The highest BCUT2D eigenvalue weighted by Crippen LogP contribution is 2.34. The van der Waals surface area contributed by atoms with E-state index in [9.17, 15) is 9.90 Å². The Hall–Kier alpha value is -4.03. The average molecular weight is 445 g/mol. The van der Waals surface area contributed by atoms with Gasteiger partial charge in [-0.3, -0.25) is 4.79 Å². The fourth-order valence-corrected chi connectivity index (χ4v) is 3.49. The van der Waals surface area contributed by atoms with Gasteiger partial charge in [0, 0.05) is 16.3 Å².